The number of para-hydroxylation sites is 1. The van der Waals surface area contributed by atoms with Crippen LogP contribution in [0.2, 0.25) is 0 Å². The zero-order chi connectivity index (χ0) is 15.2. The van der Waals surface area contributed by atoms with Crippen molar-refractivity contribution in [2.75, 3.05) is 11.1 Å². The summed E-state index contributed by atoms with van der Waals surface area (Å²) in [6.45, 7) is 4.25. The van der Waals surface area contributed by atoms with E-state index in [2.05, 4.69) is 19.2 Å². The number of nitrogens with two attached hydrogens (primary N) is 2. The van der Waals surface area contributed by atoms with Gasteiger partial charge in [-0.2, -0.15) is 0 Å². The minimum absolute atomic E-state index is 0.0271. The molecule has 0 aromatic heterocycles. The Bertz CT molecular complexity index is 529. The van der Waals surface area contributed by atoms with Crippen LogP contribution < -0.4 is 16.2 Å². The maximum absolute atomic E-state index is 11.4. The molecule has 0 fully saturated rings. The second-order valence-electron chi connectivity index (χ2n) is 5.16. The number of nitrogen functional groups attached to an aromatic ring is 1. The molecule has 5 N–H and O–H groups in total. The number of hydrogen-bond donors (Lipinski definition) is 3. The standard InChI is InChI=1S/C14H25N3O2S/c1-3-4-5-6-8-11(2)17-12-9-7-10-13(14(12)15)20(16,18)19/h7,9-11,17H,3-6,8,15H2,1-2H3,(H2,16,18,19). The predicted molar refractivity (Wildman–Crippen MR) is 84.1 cm³/mol. The summed E-state index contributed by atoms with van der Waals surface area (Å²) in [5.74, 6) is 0. The molecule has 0 aliphatic heterocycles. The molecule has 114 valence electrons. The molecule has 0 radical (unpaired) electrons. The van der Waals surface area contributed by atoms with Crippen molar-refractivity contribution in [3.05, 3.63) is 18.2 Å². The lowest BCUT2D eigenvalue weighted by molar-refractivity contribution is 0.593. The molecular formula is C14H25N3O2S. The van der Waals surface area contributed by atoms with Gasteiger partial charge in [-0.25, -0.2) is 13.6 Å². The molecular weight excluding hydrogens is 274 g/mol. The second kappa shape index (κ2) is 7.50. The van der Waals surface area contributed by atoms with Gasteiger partial charge in [0.15, 0.2) is 0 Å². The molecule has 0 aliphatic carbocycles. The molecule has 0 saturated carbocycles. The van der Waals surface area contributed by atoms with Gasteiger partial charge in [0.2, 0.25) is 10.0 Å². The van der Waals surface area contributed by atoms with E-state index in [1.807, 2.05) is 0 Å². The number of benzene rings is 1. The Morgan fingerprint density at radius 2 is 1.95 bits per heavy atom. The molecule has 1 atom stereocenters. The van der Waals surface area contributed by atoms with E-state index < -0.39 is 10.0 Å². The lowest BCUT2D eigenvalue weighted by atomic mass is 10.1. The van der Waals surface area contributed by atoms with E-state index in [-0.39, 0.29) is 16.6 Å². The molecule has 0 heterocycles. The van der Waals surface area contributed by atoms with Crippen LogP contribution in [-0.2, 0) is 10.0 Å². The molecule has 0 bridgehead atoms. The minimum Gasteiger partial charge on any atom is -0.396 e. The smallest absolute Gasteiger partial charge is 0.240 e. The van der Waals surface area contributed by atoms with Crippen LogP contribution in [0, 0.1) is 0 Å². The fourth-order valence-electron chi connectivity index (χ4n) is 2.13. The van der Waals surface area contributed by atoms with E-state index in [1.165, 1.54) is 25.3 Å². The highest BCUT2D eigenvalue weighted by molar-refractivity contribution is 7.89. The summed E-state index contributed by atoms with van der Waals surface area (Å²) >= 11 is 0. The van der Waals surface area contributed by atoms with E-state index in [1.54, 1.807) is 12.1 Å². The van der Waals surface area contributed by atoms with Gasteiger partial charge < -0.3 is 11.1 Å². The zero-order valence-corrected chi connectivity index (χ0v) is 13.0. The number of anilines is 2. The van der Waals surface area contributed by atoms with Gasteiger partial charge in [-0.1, -0.05) is 38.7 Å². The monoisotopic (exact) mass is 299 g/mol. The Balaban J connectivity index is 2.69. The maximum Gasteiger partial charge on any atom is 0.240 e. The molecule has 1 aromatic carbocycles. The summed E-state index contributed by atoms with van der Waals surface area (Å²) < 4.78 is 22.8. The molecule has 0 amide bonds. The van der Waals surface area contributed by atoms with E-state index >= 15 is 0 Å². The van der Waals surface area contributed by atoms with Crippen LogP contribution in [0.3, 0.4) is 0 Å². The highest BCUT2D eigenvalue weighted by atomic mass is 32.2. The molecule has 0 spiro atoms. The molecule has 1 rings (SSSR count). The Morgan fingerprint density at radius 1 is 1.25 bits per heavy atom. The number of unbranched alkanes of at least 4 members (excludes halogenated alkanes) is 3. The van der Waals surface area contributed by atoms with Crippen LogP contribution >= 0.6 is 0 Å². The van der Waals surface area contributed by atoms with Gasteiger partial charge in [-0.15, -0.1) is 0 Å². The van der Waals surface area contributed by atoms with Crippen molar-refractivity contribution < 1.29 is 8.42 Å². The lowest BCUT2D eigenvalue weighted by Gasteiger charge is -2.18. The van der Waals surface area contributed by atoms with Gasteiger partial charge in [-0.3, -0.25) is 0 Å². The van der Waals surface area contributed by atoms with Crippen LogP contribution in [0.4, 0.5) is 11.4 Å². The Morgan fingerprint density at radius 3 is 2.55 bits per heavy atom. The molecule has 0 saturated heterocycles. The van der Waals surface area contributed by atoms with E-state index in [9.17, 15) is 8.42 Å². The Kier molecular flexibility index (Phi) is 6.29. The van der Waals surface area contributed by atoms with E-state index in [0.717, 1.165) is 12.8 Å². The molecule has 0 aliphatic rings. The van der Waals surface area contributed by atoms with Crippen molar-refractivity contribution in [3.63, 3.8) is 0 Å². The summed E-state index contributed by atoms with van der Waals surface area (Å²) in [7, 11) is -3.78. The molecule has 20 heavy (non-hydrogen) atoms. The second-order valence-corrected chi connectivity index (χ2v) is 6.69. The van der Waals surface area contributed by atoms with Crippen LogP contribution in [0.25, 0.3) is 0 Å². The summed E-state index contributed by atoms with van der Waals surface area (Å²) in [6, 6.07) is 5.07. The third-order valence-corrected chi connectivity index (χ3v) is 4.23. The molecule has 6 heteroatoms. The fourth-order valence-corrected chi connectivity index (χ4v) is 2.82. The average Bonchev–Trinajstić information content (AvgIpc) is 2.36. The van der Waals surface area contributed by atoms with Crippen LogP contribution in [0.1, 0.15) is 46.0 Å². The molecule has 1 unspecified atom stereocenters. The first kappa shape index (κ1) is 16.8. The van der Waals surface area contributed by atoms with Crippen molar-refractivity contribution >= 4 is 21.4 Å². The predicted octanol–water partition coefficient (Wildman–Crippen LogP) is 2.69. The lowest BCUT2D eigenvalue weighted by Crippen LogP contribution is -2.19. The van der Waals surface area contributed by atoms with Crippen molar-refractivity contribution in [2.45, 2.75) is 56.9 Å². The van der Waals surface area contributed by atoms with Gasteiger partial charge >= 0.3 is 0 Å². The normalized spacial score (nSPS) is 13.2. The number of sulfonamides is 1. The first-order valence-electron chi connectivity index (χ1n) is 7.04. The Labute approximate surface area is 121 Å². The van der Waals surface area contributed by atoms with Crippen LogP contribution in [0.5, 0.6) is 0 Å². The summed E-state index contributed by atoms with van der Waals surface area (Å²) in [4.78, 5) is -0.0271. The van der Waals surface area contributed by atoms with Crippen molar-refractivity contribution in [1.82, 2.24) is 0 Å². The van der Waals surface area contributed by atoms with E-state index in [4.69, 9.17) is 10.9 Å². The maximum atomic E-state index is 11.4. The van der Waals surface area contributed by atoms with E-state index in [0.29, 0.717) is 5.69 Å². The highest BCUT2D eigenvalue weighted by Crippen LogP contribution is 2.26. The first-order chi connectivity index (χ1) is 9.36. The number of rotatable bonds is 8. The quantitative estimate of drug-likeness (QED) is 0.507. The van der Waals surface area contributed by atoms with Gasteiger partial charge in [0.1, 0.15) is 4.90 Å². The third kappa shape index (κ3) is 5.02. The SMILES string of the molecule is CCCCCCC(C)Nc1cccc(S(N)(=O)=O)c1N. The van der Waals surface area contributed by atoms with Gasteiger partial charge in [0, 0.05) is 6.04 Å². The van der Waals surface area contributed by atoms with Crippen LogP contribution in [-0.4, -0.2) is 14.5 Å². The Hall–Kier alpha value is -1.27. The van der Waals surface area contributed by atoms with Gasteiger partial charge in [-0.05, 0) is 25.5 Å². The first-order valence-corrected chi connectivity index (χ1v) is 8.58. The van der Waals surface area contributed by atoms with Crippen molar-refractivity contribution in [2.24, 2.45) is 5.14 Å². The van der Waals surface area contributed by atoms with Crippen molar-refractivity contribution in [1.29, 1.82) is 0 Å². The summed E-state index contributed by atoms with van der Waals surface area (Å²) in [6.07, 6.45) is 5.85. The van der Waals surface area contributed by atoms with Crippen LogP contribution in [0.15, 0.2) is 23.1 Å². The topological polar surface area (TPSA) is 98.2 Å². The minimum atomic E-state index is -3.78. The average molecular weight is 299 g/mol. The fraction of sp³-hybridized carbons (Fsp3) is 0.571. The summed E-state index contributed by atoms with van der Waals surface area (Å²) in [5, 5.41) is 8.39. The number of nitrogens with one attached hydrogen (secondary N) is 1. The molecule has 5 nitrogen and oxygen atoms in total. The number of primary sulfonamides is 1. The van der Waals surface area contributed by atoms with Gasteiger partial charge in [0.25, 0.3) is 0 Å². The largest absolute Gasteiger partial charge is 0.396 e. The van der Waals surface area contributed by atoms with Crippen molar-refractivity contribution in [3.8, 4) is 0 Å². The number of hydrogen-bond acceptors (Lipinski definition) is 4. The highest BCUT2D eigenvalue weighted by Gasteiger charge is 2.15. The zero-order valence-electron chi connectivity index (χ0n) is 12.2. The molecule has 1 aromatic rings. The summed E-state index contributed by atoms with van der Waals surface area (Å²) in [5.41, 5.74) is 6.69. The third-order valence-electron chi connectivity index (χ3n) is 3.27. The van der Waals surface area contributed by atoms with Gasteiger partial charge in [0.05, 0.1) is 11.4 Å².